The van der Waals surface area contributed by atoms with E-state index in [-0.39, 0.29) is 18.8 Å². The summed E-state index contributed by atoms with van der Waals surface area (Å²) < 4.78 is 8.90. The first kappa shape index (κ1) is 39.7. The van der Waals surface area contributed by atoms with Gasteiger partial charge >= 0.3 is 7.05 Å². The summed E-state index contributed by atoms with van der Waals surface area (Å²) in [5.74, 6) is 0.308. The second-order valence-corrected chi connectivity index (χ2v) is 15.4. The first-order valence-corrected chi connectivity index (χ1v) is 20.3. The maximum atomic E-state index is 11.7. The molecule has 51 heavy (non-hydrogen) atoms. The van der Waals surface area contributed by atoms with Crippen LogP contribution in [0.1, 0.15) is 108 Å². The van der Waals surface area contributed by atoms with Gasteiger partial charge in [-0.1, -0.05) is 119 Å². The molecule has 4 aromatic carbocycles. The molecule has 2 heterocycles. The highest BCUT2D eigenvalue weighted by Crippen LogP contribution is 2.48. The van der Waals surface area contributed by atoms with Gasteiger partial charge in [0, 0.05) is 27.0 Å². The molecule has 4 aromatic rings. The molecule has 0 spiro atoms. The van der Waals surface area contributed by atoms with Crippen molar-refractivity contribution in [1.82, 2.24) is 4.81 Å². The average Bonchev–Trinajstić information content (AvgIpc) is 3.77. The summed E-state index contributed by atoms with van der Waals surface area (Å²) in [7, 11) is 4.68. The van der Waals surface area contributed by atoms with Gasteiger partial charge in [-0.25, -0.2) is 0 Å². The van der Waals surface area contributed by atoms with Gasteiger partial charge in [-0.15, -0.1) is 0 Å². The van der Waals surface area contributed by atoms with Gasteiger partial charge in [0.2, 0.25) is 0 Å². The van der Waals surface area contributed by atoms with Crippen molar-refractivity contribution >= 4 is 52.5 Å². The van der Waals surface area contributed by atoms with E-state index in [1.54, 1.807) is 0 Å². The third-order valence-corrected chi connectivity index (χ3v) is 12.2. The minimum atomic E-state index is -0.321. The number of aliphatic hydroxyl groups excluding tert-OH is 1. The number of Topliss-reactive ketones (excluding diaryl/α,β-unsaturated/α-hetero) is 1. The molecule has 1 N–H and O–H groups in total. The molecular formula is C43H51B2Br2NO3. The van der Waals surface area contributed by atoms with Gasteiger partial charge in [-0.3, -0.25) is 4.79 Å². The van der Waals surface area contributed by atoms with Crippen molar-refractivity contribution in [3.8, 4) is 0 Å². The average molecular weight is 811 g/mol. The number of hydrogen-bond acceptors (Lipinski definition) is 4. The Morgan fingerprint density at radius 3 is 1.98 bits per heavy atom. The molecule has 2 aliphatic heterocycles. The topological polar surface area (TPSA) is 49.8 Å². The van der Waals surface area contributed by atoms with Crippen molar-refractivity contribution in [3.05, 3.63) is 138 Å². The molecule has 2 saturated heterocycles. The molecule has 0 saturated carbocycles. The monoisotopic (exact) mass is 809 g/mol. The number of ketones is 1. The van der Waals surface area contributed by atoms with E-state index in [1.165, 1.54) is 57.5 Å². The summed E-state index contributed by atoms with van der Waals surface area (Å²) in [6.45, 7) is 9.09. The van der Waals surface area contributed by atoms with Crippen LogP contribution in [0.25, 0.3) is 0 Å². The third-order valence-electron chi connectivity index (χ3n) is 10.7. The Kier molecular flexibility index (Phi) is 14.4. The van der Waals surface area contributed by atoms with E-state index in [2.05, 4.69) is 150 Å². The van der Waals surface area contributed by atoms with Crippen LogP contribution in [0.2, 0.25) is 13.6 Å². The SMILES string of the molecule is CB1OC(c2ccccc2)(c2ccccc2)[C@@H]2CCCN12.CCc1cc(Br)c2c(c1)C(=O)CCC2.CCc1cc(Br)c2c(c1)[C@H](O)CCC2.[B]C. The molecular weight excluding hydrogens is 760 g/mol. The molecule has 0 unspecified atom stereocenters. The fourth-order valence-corrected chi connectivity index (χ4v) is 9.63. The Balaban J connectivity index is 0.000000150. The van der Waals surface area contributed by atoms with E-state index in [9.17, 15) is 9.90 Å². The number of aryl methyl sites for hydroxylation is 2. The Hall–Kier alpha value is -2.48. The number of rotatable bonds is 4. The first-order valence-electron chi connectivity index (χ1n) is 18.7. The zero-order chi connectivity index (χ0) is 36.5. The Morgan fingerprint density at radius 2 is 1.37 bits per heavy atom. The smallest absolute Gasteiger partial charge is 0.380 e. The summed E-state index contributed by atoms with van der Waals surface area (Å²) in [6, 6.07) is 30.4. The zero-order valence-corrected chi connectivity index (χ0v) is 33.8. The van der Waals surface area contributed by atoms with Crippen molar-refractivity contribution < 1.29 is 14.6 Å². The largest absolute Gasteiger partial charge is 0.406 e. The Bertz CT molecular complexity index is 1710. The molecule has 0 aromatic heterocycles. The van der Waals surface area contributed by atoms with Crippen LogP contribution in [0.5, 0.6) is 0 Å². The van der Waals surface area contributed by atoms with Gasteiger partial charge in [0.05, 0.1) is 14.0 Å². The number of hydrogen-bond donors (Lipinski definition) is 1. The van der Waals surface area contributed by atoms with Crippen LogP contribution >= 0.6 is 31.9 Å². The van der Waals surface area contributed by atoms with E-state index in [0.717, 1.165) is 67.1 Å². The Labute approximate surface area is 324 Å². The predicted molar refractivity (Wildman–Crippen MR) is 220 cm³/mol. The first-order chi connectivity index (χ1) is 24.8. The molecule has 8 rings (SSSR count). The van der Waals surface area contributed by atoms with Crippen LogP contribution < -0.4 is 0 Å². The standard InChI is InChI=1S/C18H20BNO.C12H15BrO.C12H13BrO.CH3B/c1-19-20-14-8-13-17(20)18(21-19,15-9-4-2-5-10-15)16-11-6-3-7-12-16;2*1-2-8-6-10-9(11(13)7-8)4-3-5-12(10)14;1-2/h2-7,9-12,17H,8,13-14H2,1H3;6-7,12,14H,2-5H2,1H3;6-7H,2-5H2,1H3;1H3/t17-;12-;;/m01../s1. The molecule has 0 bridgehead atoms. The normalized spacial score (nSPS) is 20.0. The number of carbonyl (C=O) groups excluding carboxylic acids is 1. The van der Waals surface area contributed by atoms with Crippen LogP contribution in [0.3, 0.4) is 0 Å². The highest BCUT2D eigenvalue weighted by Gasteiger charge is 2.56. The van der Waals surface area contributed by atoms with Crippen molar-refractivity contribution in [2.75, 3.05) is 6.54 Å². The van der Waals surface area contributed by atoms with E-state index in [1.807, 2.05) is 0 Å². The molecule has 0 amide bonds. The minimum absolute atomic E-state index is 0.179. The third kappa shape index (κ3) is 8.68. The fourth-order valence-electron chi connectivity index (χ4n) is 8.20. The summed E-state index contributed by atoms with van der Waals surface area (Å²) >= 11 is 7.14. The van der Waals surface area contributed by atoms with Gasteiger partial charge in [-0.2, -0.15) is 0 Å². The predicted octanol–water partition coefficient (Wildman–Crippen LogP) is 10.7. The van der Waals surface area contributed by atoms with E-state index >= 15 is 0 Å². The van der Waals surface area contributed by atoms with Crippen LogP contribution in [-0.2, 0) is 35.9 Å². The van der Waals surface area contributed by atoms with Crippen LogP contribution in [0, 0.1) is 0 Å². The van der Waals surface area contributed by atoms with Crippen molar-refractivity contribution in [3.63, 3.8) is 0 Å². The van der Waals surface area contributed by atoms with Gasteiger partial charge in [0.1, 0.15) is 5.60 Å². The van der Waals surface area contributed by atoms with Gasteiger partial charge in [0.25, 0.3) is 0 Å². The second kappa shape index (κ2) is 18.5. The zero-order valence-electron chi connectivity index (χ0n) is 30.6. The Morgan fingerprint density at radius 1 is 0.804 bits per heavy atom. The number of aliphatic hydroxyl groups is 1. The summed E-state index contributed by atoms with van der Waals surface area (Å²) in [5, 5.41) is 9.88. The van der Waals surface area contributed by atoms with Crippen molar-refractivity contribution in [2.24, 2.45) is 0 Å². The van der Waals surface area contributed by atoms with Gasteiger partial charge < -0.3 is 14.6 Å². The lowest BCUT2D eigenvalue weighted by Crippen LogP contribution is -2.41. The molecule has 4 aliphatic rings. The lowest BCUT2D eigenvalue weighted by atomic mass is 9.79. The summed E-state index contributed by atoms with van der Waals surface area (Å²) in [5.41, 5.74) is 9.38. The number of nitrogens with zero attached hydrogens (tertiary/aromatic N) is 1. The molecule has 266 valence electrons. The van der Waals surface area contributed by atoms with E-state index in [4.69, 9.17) is 4.65 Å². The van der Waals surface area contributed by atoms with E-state index < -0.39 is 0 Å². The molecule has 2 fully saturated rings. The van der Waals surface area contributed by atoms with Crippen LogP contribution in [0.15, 0.2) is 93.9 Å². The summed E-state index contributed by atoms with van der Waals surface area (Å²) in [4.78, 5) is 14.2. The summed E-state index contributed by atoms with van der Waals surface area (Å²) in [6.07, 6.45) is 10.1. The highest BCUT2D eigenvalue weighted by molar-refractivity contribution is 9.10. The van der Waals surface area contributed by atoms with Crippen LogP contribution in [-0.4, -0.2) is 43.2 Å². The molecule has 2 aliphatic carbocycles. The lowest BCUT2D eigenvalue weighted by Gasteiger charge is -2.36. The number of carbonyl (C=O) groups is 1. The highest BCUT2D eigenvalue weighted by atomic mass is 79.9. The number of benzene rings is 4. The van der Waals surface area contributed by atoms with Gasteiger partial charge in [0.15, 0.2) is 5.78 Å². The van der Waals surface area contributed by atoms with Crippen molar-refractivity contribution in [1.29, 1.82) is 0 Å². The maximum Gasteiger partial charge on any atom is 0.380 e. The maximum absolute atomic E-state index is 11.7. The van der Waals surface area contributed by atoms with E-state index in [0.29, 0.717) is 18.2 Å². The quantitative estimate of drug-likeness (QED) is 0.209. The number of fused-ring (bicyclic) bond motifs is 3. The second-order valence-electron chi connectivity index (χ2n) is 13.7. The van der Waals surface area contributed by atoms with Crippen molar-refractivity contribution in [2.45, 2.75) is 109 Å². The number of halogens is 2. The fraction of sp³-hybridized carbons (Fsp3) is 0.419. The molecule has 4 nitrogen and oxygen atoms in total. The molecule has 2 atom stereocenters. The van der Waals surface area contributed by atoms with Crippen LogP contribution in [0.4, 0.5) is 0 Å². The minimum Gasteiger partial charge on any atom is -0.406 e. The molecule has 2 radical (unpaired) electrons. The lowest BCUT2D eigenvalue weighted by molar-refractivity contribution is 0.0972. The molecule has 8 heteroatoms. The van der Waals surface area contributed by atoms with Gasteiger partial charge in [-0.05, 0) is 128 Å².